The lowest BCUT2D eigenvalue weighted by molar-refractivity contribution is -0.0278. The molecule has 1 aliphatic heterocycles. The number of hydrogen-bond donors (Lipinski definition) is 2. The largest absolute Gasteiger partial charge is 0.508 e. The lowest BCUT2D eigenvalue weighted by atomic mass is 9.84. The number of halogens is 1. The summed E-state index contributed by atoms with van der Waals surface area (Å²) in [6.45, 7) is 3.07. The standard InChI is InChI=1S/C19H22ClNO3/c20-16-3-1-15(2-4-16)19(23)9-11-21(12-10-19)13-14-24-18-7-5-17(22)6-8-18/h1-8,22-23H,9-14H2. The van der Waals surface area contributed by atoms with E-state index in [1.807, 2.05) is 24.3 Å². The van der Waals surface area contributed by atoms with E-state index in [9.17, 15) is 10.2 Å². The molecule has 1 saturated heterocycles. The first-order chi connectivity index (χ1) is 11.5. The molecule has 0 unspecified atom stereocenters. The number of likely N-dealkylation sites (tertiary alicyclic amines) is 1. The highest BCUT2D eigenvalue weighted by Gasteiger charge is 2.33. The van der Waals surface area contributed by atoms with Crippen molar-refractivity contribution in [1.82, 2.24) is 4.90 Å². The van der Waals surface area contributed by atoms with Crippen LogP contribution < -0.4 is 4.74 Å². The Morgan fingerprint density at radius 2 is 1.62 bits per heavy atom. The summed E-state index contributed by atoms with van der Waals surface area (Å²) < 4.78 is 5.68. The van der Waals surface area contributed by atoms with Gasteiger partial charge in [0.1, 0.15) is 18.1 Å². The van der Waals surface area contributed by atoms with Crippen molar-refractivity contribution in [2.75, 3.05) is 26.2 Å². The first-order valence-electron chi connectivity index (χ1n) is 8.18. The van der Waals surface area contributed by atoms with Crippen LogP contribution in [0.15, 0.2) is 48.5 Å². The molecule has 4 nitrogen and oxygen atoms in total. The molecule has 2 aromatic carbocycles. The first kappa shape index (κ1) is 17.1. The van der Waals surface area contributed by atoms with Crippen molar-refractivity contribution in [2.24, 2.45) is 0 Å². The van der Waals surface area contributed by atoms with Crippen LogP contribution in [0.3, 0.4) is 0 Å². The van der Waals surface area contributed by atoms with Crippen LogP contribution >= 0.6 is 11.6 Å². The van der Waals surface area contributed by atoms with E-state index in [0.717, 1.165) is 30.9 Å². The second-order valence-corrected chi connectivity index (χ2v) is 6.66. The van der Waals surface area contributed by atoms with Gasteiger partial charge >= 0.3 is 0 Å². The van der Waals surface area contributed by atoms with Crippen molar-refractivity contribution in [1.29, 1.82) is 0 Å². The third-order valence-corrected chi connectivity index (χ3v) is 4.83. The monoisotopic (exact) mass is 347 g/mol. The van der Waals surface area contributed by atoms with Gasteiger partial charge in [0.05, 0.1) is 5.60 Å². The maximum atomic E-state index is 10.9. The number of hydrogen-bond acceptors (Lipinski definition) is 4. The second kappa shape index (κ2) is 7.43. The zero-order chi connectivity index (χ0) is 17.0. The molecule has 2 N–H and O–H groups in total. The molecule has 128 valence electrons. The third kappa shape index (κ3) is 4.20. The van der Waals surface area contributed by atoms with Crippen molar-refractivity contribution in [3.63, 3.8) is 0 Å². The Balaban J connectivity index is 1.46. The summed E-state index contributed by atoms with van der Waals surface area (Å²) in [7, 11) is 0. The van der Waals surface area contributed by atoms with Gasteiger partial charge in [-0.15, -0.1) is 0 Å². The van der Waals surface area contributed by atoms with Crippen LogP contribution in [0, 0.1) is 0 Å². The zero-order valence-corrected chi connectivity index (χ0v) is 14.2. The minimum atomic E-state index is -0.765. The average molecular weight is 348 g/mol. The fourth-order valence-corrected chi connectivity index (χ4v) is 3.16. The molecule has 5 heteroatoms. The molecule has 1 heterocycles. The van der Waals surface area contributed by atoms with Crippen LogP contribution in [-0.4, -0.2) is 41.4 Å². The van der Waals surface area contributed by atoms with Crippen LogP contribution in [0.4, 0.5) is 0 Å². The smallest absolute Gasteiger partial charge is 0.119 e. The molecule has 0 spiro atoms. The molecule has 0 atom stereocenters. The summed E-state index contributed by atoms with van der Waals surface area (Å²) in [5.41, 5.74) is 0.172. The van der Waals surface area contributed by atoms with Crippen molar-refractivity contribution in [3.8, 4) is 11.5 Å². The number of nitrogens with zero attached hydrogens (tertiary/aromatic N) is 1. The van der Waals surface area contributed by atoms with E-state index in [0.29, 0.717) is 24.5 Å². The van der Waals surface area contributed by atoms with E-state index in [1.165, 1.54) is 0 Å². The molecule has 0 saturated carbocycles. The van der Waals surface area contributed by atoms with Crippen molar-refractivity contribution in [3.05, 3.63) is 59.1 Å². The fraction of sp³-hybridized carbons (Fsp3) is 0.368. The van der Waals surface area contributed by atoms with Gasteiger partial charge in [-0.25, -0.2) is 0 Å². The molecule has 0 amide bonds. The predicted octanol–water partition coefficient (Wildman–Crippen LogP) is 3.41. The van der Waals surface area contributed by atoms with Crippen LogP contribution in [-0.2, 0) is 5.60 Å². The van der Waals surface area contributed by atoms with Gasteiger partial charge in [-0.1, -0.05) is 23.7 Å². The average Bonchev–Trinajstić information content (AvgIpc) is 2.59. The third-order valence-electron chi connectivity index (χ3n) is 4.58. The molecule has 2 aromatic rings. The summed E-state index contributed by atoms with van der Waals surface area (Å²) in [5, 5.41) is 20.8. The highest BCUT2D eigenvalue weighted by Crippen LogP contribution is 2.33. The van der Waals surface area contributed by atoms with E-state index in [1.54, 1.807) is 24.3 Å². The summed E-state index contributed by atoms with van der Waals surface area (Å²) in [6, 6.07) is 14.2. The molecule has 1 aliphatic rings. The van der Waals surface area contributed by atoms with Gasteiger partial charge in [-0.05, 0) is 54.8 Å². The Kier molecular flexibility index (Phi) is 5.29. The van der Waals surface area contributed by atoms with Crippen LogP contribution in [0.1, 0.15) is 18.4 Å². The minimum Gasteiger partial charge on any atom is -0.508 e. The van der Waals surface area contributed by atoms with Crippen LogP contribution in [0.5, 0.6) is 11.5 Å². The van der Waals surface area contributed by atoms with Gasteiger partial charge in [0, 0.05) is 24.7 Å². The molecule has 0 aromatic heterocycles. The molecule has 0 radical (unpaired) electrons. The molecule has 24 heavy (non-hydrogen) atoms. The summed E-state index contributed by atoms with van der Waals surface area (Å²) in [4.78, 5) is 2.30. The lowest BCUT2D eigenvalue weighted by Crippen LogP contribution is -2.43. The molecular weight excluding hydrogens is 326 g/mol. The molecule has 0 aliphatic carbocycles. The van der Waals surface area contributed by atoms with Crippen LogP contribution in [0.25, 0.3) is 0 Å². The SMILES string of the molecule is Oc1ccc(OCCN2CCC(O)(c3ccc(Cl)cc3)CC2)cc1. The minimum absolute atomic E-state index is 0.236. The molecular formula is C19H22ClNO3. The lowest BCUT2D eigenvalue weighted by Gasteiger charge is -2.38. The summed E-state index contributed by atoms with van der Waals surface area (Å²) in [5.74, 6) is 0.988. The number of ether oxygens (including phenoxy) is 1. The van der Waals surface area contributed by atoms with E-state index >= 15 is 0 Å². The van der Waals surface area contributed by atoms with E-state index in [2.05, 4.69) is 4.90 Å². The van der Waals surface area contributed by atoms with E-state index in [-0.39, 0.29) is 5.75 Å². The molecule has 3 rings (SSSR count). The molecule has 0 bridgehead atoms. The number of benzene rings is 2. The summed E-state index contributed by atoms with van der Waals surface area (Å²) in [6.07, 6.45) is 1.40. The number of aliphatic hydroxyl groups is 1. The Bertz CT molecular complexity index is 649. The maximum Gasteiger partial charge on any atom is 0.119 e. The molecule has 1 fully saturated rings. The van der Waals surface area contributed by atoms with Gasteiger partial charge in [0.15, 0.2) is 0 Å². The normalized spacial score (nSPS) is 17.6. The number of piperidine rings is 1. The van der Waals surface area contributed by atoms with Crippen molar-refractivity contribution < 1.29 is 14.9 Å². The quantitative estimate of drug-likeness (QED) is 0.870. The summed E-state index contributed by atoms with van der Waals surface area (Å²) >= 11 is 5.92. The fourth-order valence-electron chi connectivity index (χ4n) is 3.03. The van der Waals surface area contributed by atoms with Gasteiger partial charge in [0.2, 0.25) is 0 Å². The number of phenols is 1. The highest BCUT2D eigenvalue weighted by atomic mass is 35.5. The van der Waals surface area contributed by atoms with E-state index < -0.39 is 5.60 Å². The van der Waals surface area contributed by atoms with Gasteiger partial charge < -0.3 is 14.9 Å². The number of aromatic hydroxyl groups is 1. The maximum absolute atomic E-state index is 10.9. The number of phenolic OH excluding ortho intramolecular Hbond substituents is 1. The van der Waals surface area contributed by atoms with Crippen molar-refractivity contribution in [2.45, 2.75) is 18.4 Å². The van der Waals surface area contributed by atoms with Crippen LogP contribution in [0.2, 0.25) is 5.02 Å². The Hall–Kier alpha value is -1.75. The van der Waals surface area contributed by atoms with Gasteiger partial charge in [-0.3, -0.25) is 4.90 Å². The highest BCUT2D eigenvalue weighted by molar-refractivity contribution is 6.30. The zero-order valence-electron chi connectivity index (χ0n) is 13.5. The Morgan fingerprint density at radius 1 is 1.00 bits per heavy atom. The topological polar surface area (TPSA) is 52.9 Å². The second-order valence-electron chi connectivity index (χ2n) is 6.22. The van der Waals surface area contributed by atoms with Gasteiger partial charge in [-0.2, -0.15) is 0 Å². The van der Waals surface area contributed by atoms with Crippen molar-refractivity contribution >= 4 is 11.6 Å². The Labute approximate surface area is 147 Å². The first-order valence-corrected chi connectivity index (χ1v) is 8.56. The number of rotatable bonds is 5. The predicted molar refractivity (Wildman–Crippen MR) is 94.6 cm³/mol. The van der Waals surface area contributed by atoms with Gasteiger partial charge in [0.25, 0.3) is 0 Å². The Morgan fingerprint density at radius 3 is 2.25 bits per heavy atom. The van der Waals surface area contributed by atoms with E-state index in [4.69, 9.17) is 16.3 Å².